The molecule has 100 valence electrons. The summed E-state index contributed by atoms with van der Waals surface area (Å²) in [7, 11) is 1.81. The summed E-state index contributed by atoms with van der Waals surface area (Å²) in [5.74, 6) is -0.299. The van der Waals surface area contributed by atoms with E-state index in [9.17, 15) is 15.0 Å². The van der Waals surface area contributed by atoms with Crippen molar-refractivity contribution in [3.05, 3.63) is 35.9 Å². The first-order valence-electron chi connectivity index (χ1n) is 5.71. The minimum Gasteiger partial charge on any atom is -0.507 e. The van der Waals surface area contributed by atoms with Crippen LogP contribution in [0.3, 0.4) is 0 Å². The van der Waals surface area contributed by atoms with Crippen molar-refractivity contribution in [2.24, 2.45) is 7.05 Å². The summed E-state index contributed by atoms with van der Waals surface area (Å²) >= 11 is 0. The zero-order valence-corrected chi connectivity index (χ0v) is 10.4. The number of phenolic OH excluding ortho intramolecular Hbond substituents is 2. The highest BCUT2D eigenvalue weighted by Crippen LogP contribution is 2.25. The van der Waals surface area contributed by atoms with Crippen LogP contribution in [0, 0.1) is 0 Å². The first-order valence-corrected chi connectivity index (χ1v) is 5.71. The molecule has 0 aliphatic rings. The third-order valence-corrected chi connectivity index (χ3v) is 2.69. The average molecular weight is 262 g/mol. The molecule has 0 unspecified atom stereocenters. The molecule has 19 heavy (non-hydrogen) atoms. The van der Waals surface area contributed by atoms with Crippen LogP contribution in [0.15, 0.2) is 24.5 Å². The third kappa shape index (κ3) is 2.82. The van der Waals surface area contributed by atoms with Gasteiger partial charge in [0.25, 0.3) is 5.91 Å². The van der Waals surface area contributed by atoms with Crippen LogP contribution in [0.1, 0.15) is 16.2 Å². The van der Waals surface area contributed by atoms with Gasteiger partial charge in [-0.05, 0) is 12.1 Å². The van der Waals surface area contributed by atoms with Gasteiger partial charge < -0.3 is 20.1 Å². The molecule has 0 saturated carbocycles. The quantitative estimate of drug-likeness (QED) is 0.730. The smallest absolute Gasteiger partial charge is 0.258 e. The fourth-order valence-electron chi connectivity index (χ4n) is 1.67. The van der Waals surface area contributed by atoms with E-state index in [-0.39, 0.29) is 17.1 Å². The Morgan fingerprint density at radius 3 is 2.63 bits per heavy atom. The van der Waals surface area contributed by atoms with E-state index < -0.39 is 5.91 Å². The largest absolute Gasteiger partial charge is 0.507 e. The standard InChI is InChI=1S/C12H14N4O3/c1-16-7-14-15-10(16)5-6-13-12(19)11-8(17)3-2-4-9(11)18/h2-4,7,17-18H,5-6H2,1H3,(H,13,19). The Balaban J connectivity index is 1.97. The Kier molecular flexibility index (Phi) is 3.65. The molecule has 3 N–H and O–H groups in total. The second-order valence-corrected chi connectivity index (χ2v) is 4.04. The number of hydrogen-bond acceptors (Lipinski definition) is 5. The van der Waals surface area contributed by atoms with Gasteiger partial charge >= 0.3 is 0 Å². The lowest BCUT2D eigenvalue weighted by Crippen LogP contribution is -2.26. The predicted octanol–water partition coefficient (Wildman–Crippen LogP) is 0.199. The summed E-state index contributed by atoms with van der Waals surface area (Å²) in [4.78, 5) is 11.8. The van der Waals surface area contributed by atoms with Crippen molar-refractivity contribution >= 4 is 5.91 Å². The summed E-state index contributed by atoms with van der Waals surface area (Å²) < 4.78 is 1.75. The monoisotopic (exact) mass is 262 g/mol. The molecule has 2 aromatic rings. The number of carbonyl (C=O) groups is 1. The maximum Gasteiger partial charge on any atom is 0.258 e. The highest BCUT2D eigenvalue weighted by molar-refractivity contribution is 5.99. The highest BCUT2D eigenvalue weighted by atomic mass is 16.3. The maximum absolute atomic E-state index is 11.8. The summed E-state index contributed by atoms with van der Waals surface area (Å²) in [6, 6.07) is 4.15. The lowest BCUT2D eigenvalue weighted by Gasteiger charge is -2.08. The van der Waals surface area contributed by atoms with Crippen molar-refractivity contribution in [1.82, 2.24) is 20.1 Å². The van der Waals surface area contributed by atoms with Gasteiger partial charge in [-0.25, -0.2) is 0 Å². The molecular formula is C12H14N4O3. The van der Waals surface area contributed by atoms with Crippen molar-refractivity contribution in [2.45, 2.75) is 6.42 Å². The van der Waals surface area contributed by atoms with E-state index in [2.05, 4.69) is 15.5 Å². The summed E-state index contributed by atoms with van der Waals surface area (Å²) in [6.45, 7) is 0.332. The average Bonchev–Trinajstić information content (AvgIpc) is 2.75. The van der Waals surface area contributed by atoms with Crippen molar-refractivity contribution in [1.29, 1.82) is 0 Å². The Labute approximate surface area is 109 Å². The third-order valence-electron chi connectivity index (χ3n) is 2.69. The molecule has 0 saturated heterocycles. The van der Waals surface area contributed by atoms with Gasteiger partial charge in [-0.1, -0.05) is 6.07 Å². The highest BCUT2D eigenvalue weighted by Gasteiger charge is 2.15. The molecule has 1 aromatic carbocycles. The number of hydrogen-bond donors (Lipinski definition) is 3. The lowest BCUT2D eigenvalue weighted by atomic mass is 10.1. The van der Waals surface area contributed by atoms with E-state index in [1.54, 1.807) is 10.9 Å². The van der Waals surface area contributed by atoms with E-state index in [1.165, 1.54) is 18.2 Å². The normalized spacial score (nSPS) is 10.4. The number of carbonyl (C=O) groups excluding carboxylic acids is 1. The second-order valence-electron chi connectivity index (χ2n) is 4.04. The number of amides is 1. The van der Waals surface area contributed by atoms with E-state index >= 15 is 0 Å². The van der Waals surface area contributed by atoms with Crippen LogP contribution < -0.4 is 5.32 Å². The van der Waals surface area contributed by atoms with Gasteiger partial charge in [-0.15, -0.1) is 10.2 Å². The van der Waals surface area contributed by atoms with E-state index in [0.29, 0.717) is 13.0 Å². The van der Waals surface area contributed by atoms with Gasteiger partial charge in [0.1, 0.15) is 29.2 Å². The van der Waals surface area contributed by atoms with Crippen LogP contribution in [0.5, 0.6) is 11.5 Å². The maximum atomic E-state index is 11.8. The van der Waals surface area contributed by atoms with Crippen molar-refractivity contribution in [3.63, 3.8) is 0 Å². The molecule has 7 nitrogen and oxygen atoms in total. The van der Waals surface area contributed by atoms with Crippen LogP contribution >= 0.6 is 0 Å². The molecule has 1 amide bonds. The molecule has 1 aromatic heterocycles. The van der Waals surface area contributed by atoms with Crippen LogP contribution in [-0.2, 0) is 13.5 Å². The Bertz CT molecular complexity index is 574. The minimum atomic E-state index is -0.530. The number of phenols is 2. The van der Waals surface area contributed by atoms with Crippen molar-refractivity contribution < 1.29 is 15.0 Å². The van der Waals surface area contributed by atoms with Gasteiger partial charge in [0, 0.05) is 20.0 Å². The van der Waals surface area contributed by atoms with Crippen LogP contribution in [0.25, 0.3) is 0 Å². The SMILES string of the molecule is Cn1cnnc1CCNC(=O)c1c(O)cccc1O. The van der Waals surface area contributed by atoms with Crippen molar-refractivity contribution in [2.75, 3.05) is 6.54 Å². The minimum absolute atomic E-state index is 0.125. The Hall–Kier alpha value is -2.57. The van der Waals surface area contributed by atoms with Crippen LogP contribution in [0.4, 0.5) is 0 Å². The molecular weight excluding hydrogens is 248 g/mol. The van der Waals surface area contributed by atoms with Gasteiger partial charge in [-0.3, -0.25) is 4.79 Å². The van der Waals surface area contributed by atoms with Gasteiger partial charge in [-0.2, -0.15) is 0 Å². The first-order chi connectivity index (χ1) is 9.09. The van der Waals surface area contributed by atoms with Gasteiger partial charge in [0.15, 0.2) is 0 Å². The Morgan fingerprint density at radius 1 is 1.37 bits per heavy atom. The van der Waals surface area contributed by atoms with E-state index in [4.69, 9.17) is 0 Å². The zero-order valence-electron chi connectivity index (χ0n) is 10.4. The molecule has 0 spiro atoms. The van der Waals surface area contributed by atoms with Gasteiger partial charge in [0.2, 0.25) is 0 Å². The number of aromatic hydroxyl groups is 2. The molecule has 0 aliphatic carbocycles. The van der Waals surface area contributed by atoms with E-state index in [0.717, 1.165) is 5.82 Å². The Morgan fingerprint density at radius 2 is 2.05 bits per heavy atom. The second kappa shape index (κ2) is 5.38. The molecule has 0 bridgehead atoms. The number of benzene rings is 1. The molecule has 0 radical (unpaired) electrons. The van der Waals surface area contributed by atoms with Gasteiger partial charge in [0.05, 0.1) is 0 Å². The molecule has 7 heteroatoms. The zero-order chi connectivity index (χ0) is 13.8. The van der Waals surface area contributed by atoms with Crippen LogP contribution in [-0.4, -0.2) is 37.4 Å². The topological polar surface area (TPSA) is 100 Å². The number of nitrogens with one attached hydrogen (secondary N) is 1. The fourth-order valence-corrected chi connectivity index (χ4v) is 1.67. The molecule has 0 fully saturated rings. The van der Waals surface area contributed by atoms with Crippen LogP contribution in [0.2, 0.25) is 0 Å². The molecule has 1 heterocycles. The lowest BCUT2D eigenvalue weighted by molar-refractivity contribution is 0.0948. The molecule has 2 rings (SSSR count). The van der Waals surface area contributed by atoms with Crippen molar-refractivity contribution in [3.8, 4) is 11.5 Å². The number of rotatable bonds is 4. The predicted molar refractivity (Wildman–Crippen MR) is 66.8 cm³/mol. The number of aromatic nitrogens is 3. The first kappa shape index (κ1) is 12.9. The molecule has 0 aliphatic heterocycles. The summed E-state index contributed by atoms with van der Waals surface area (Å²) in [5.41, 5.74) is -0.125. The fraction of sp³-hybridized carbons (Fsp3) is 0.250. The molecule has 0 atom stereocenters. The van der Waals surface area contributed by atoms with E-state index in [1.807, 2.05) is 7.05 Å². The number of nitrogens with zero attached hydrogens (tertiary/aromatic N) is 3. The summed E-state index contributed by atoms with van der Waals surface area (Å²) in [5, 5.41) is 29.3. The summed E-state index contributed by atoms with van der Waals surface area (Å²) in [6.07, 6.45) is 2.09. The number of aryl methyl sites for hydroxylation is 1.